The third-order valence-electron chi connectivity index (χ3n) is 7.09. The summed E-state index contributed by atoms with van der Waals surface area (Å²) in [6.45, 7) is 2.40. The summed E-state index contributed by atoms with van der Waals surface area (Å²) in [6, 6.07) is 9.54. The number of aromatic nitrogens is 1. The van der Waals surface area contributed by atoms with E-state index in [4.69, 9.17) is 9.15 Å². The molecule has 238 valence electrons. The Balaban J connectivity index is 1.60. The van der Waals surface area contributed by atoms with Crippen LogP contribution in [0, 0.1) is 5.92 Å². The zero-order valence-electron chi connectivity index (χ0n) is 24.9. The molecule has 2 aromatic heterocycles. The van der Waals surface area contributed by atoms with Gasteiger partial charge in [-0.25, -0.2) is 14.8 Å². The largest absolute Gasteiger partial charge is 0.472 e. The minimum absolute atomic E-state index is 0.162. The summed E-state index contributed by atoms with van der Waals surface area (Å²) in [5.41, 5.74) is 1.86. The van der Waals surface area contributed by atoms with Crippen molar-refractivity contribution in [3.63, 3.8) is 0 Å². The van der Waals surface area contributed by atoms with Gasteiger partial charge in [-0.05, 0) is 62.1 Å². The van der Waals surface area contributed by atoms with Gasteiger partial charge in [0.25, 0.3) is 0 Å². The summed E-state index contributed by atoms with van der Waals surface area (Å²) in [5.74, 6) is -1.62. The first-order chi connectivity index (χ1) is 21.4. The van der Waals surface area contributed by atoms with Crippen LogP contribution in [-0.4, -0.2) is 58.2 Å². The number of benzene rings is 1. The van der Waals surface area contributed by atoms with Crippen LogP contribution in [0.5, 0.6) is 0 Å². The lowest BCUT2D eigenvalue weighted by Gasteiger charge is -2.31. The highest BCUT2D eigenvalue weighted by Crippen LogP contribution is 2.23. The Morgan fingerprint density at radius 3 is 2.57 bits per heavy atom. The highest BCUT2D eigenvalue weighted by Gasteiger charge is 2.34. The van der Waals surface area contributed by atoms with Crippen molar-refractivity contribution >= 4 is 40.8 Å². The molecule has 0 aliphatic heterocycles. The predicted molar refractivity (Wildman–Crippen MR) is 165 cm³/mol. The number of alkyl carbamates (subject to hydrolysis) is 1. The molecule has 12 nitrogen and oxygen atoms in total. The van der Waals surface area contributed by atoms with Crippen LogP contribution >= 0.6 is 11.3 Å². The number of rotatable bonds is 20. The van der Waals surface area contributed by atoms with Gasteiger partial charge in [-0.3, -0.25) is 19.6 Å². The monoisotopic (exact) mass is 627 g/mol. The zero-order valence-corrected chi connectivity index (χ0v) is 25.7. The van der Waals surface area contributed by atoms with E-state index in [0.29, 0.717) is 74.5 Å². The second kappa shape index (κ2) is 19.1. The Bertz CT molecular complexity index is 1260. The topological polar surface area (TPSA) is 163 Å². The zero-order chi connectivity index (χ0) is 31.6. The first-order valence-electron chi connectivity index (χ1n) is 14.8. The summed E-state index contributed by atoms with van der Waals surface area (Å²) >= 11 is 1.26. The van der Waals surface area contributed by atoms with Crippen molar-refractivity contribution in [2.45, 2.75) is 77.0 Å². The summed E-state index contributed by atoms with van der Waals surface area (Å²) < 4.78 is 10.4. The van der Waals surface area contributed by atoms with Crippen LogP contribution in [0.4, 0.5) is 9.93 Å². The van der Waals surface area contributed by atoms with Crippen LogP contribution in [0.2, 0.25) is 0 Å². The van der Waals surface area contributed by atoms with E-state index in [1.807, 2.05) is 43.3 Å². The number of furan rings is 1. The lowest BCUT2D eigenvalue weighted by atomic mass is 9.88. The van der Waals surface area contributed by atoms with E-state index in [1.165, 1.54) is 11.3 Å². The number of unbranched alkanes of at least 4 members (excludes halogenated alkanes) is 1. The Labute approximate surface area is 261 Å². The van der Waals surface area contributed by atoms with Crippen molar-refractivity contribution in [1.29, 1.82) is 0 Å². The molecule has 3 aromatic rings. The molecule has 0 saturated heterocycles. The quantitative estimate of drug-likeness (QED) is 0.0594. The number of ether oxygens (including phenoxy) is 1. The SMILES string of the molecule is CCC[C@@H]([C@@H](CCCc1ccoc1)C(=O)N[C@@H](CCCCNC(=O)OCc1ccccc1)C(=O)Nc1nccs1)N(O)C=O. The van der Waals surface area contributed by atoms with Crippen LogP contribution in [0.15, 0.2) is 64.9 Å². The number of carbonyl (C=O) groups is 4. The van der Waals surface area contributed by atoms with Gasteiger partial charge in [0.1, 0.15) is 12.6 Å². The van der Waals surface area contributed by atoms with E-state index >= 15 is 0 Å². The van der Waals surface area contributed by atoms with Crippen LogP contribution < -0.4 is 16.0 Å². The number of hydrogen-bond acceptors (Lipinski definition) is 9. The van der Waals surface area contributed by atoms with E-state index in [-0.39, 0.29) is 6.61 Å². The van der Waals surface area contributed by atoms with E-state index in [2.05, 4.69) is 20.9 Å². The van der Waals surface area contributed by atoms with Gasteiger partial charge in [0.05, 0.1) is 24.5 Å². The van der Waals surface area contributed by atoms with Gasteiger partial charge in [-0.1, -0.05) is 43.7 Å². The number of amides is 4. The summed E-state index contributed by atoms with van der Waals surface area (Å²) in [7, 11) is 0. The molecule has 0 radical (unpaired) electrons. The number of nitrogens with one attached hydrogen (secondary N) is 3. The minimum atomic E-state index is -0.904. The number of anilines is 1. The van der Waals surface area contributed by atoms with Crippen LogP contribution in [0.25, 0.3) is 0 Å². The average molecular weight is 628 g/mol. The third kappa shape index (κ3) is 11.8. The molecule has 0 fully saturated rings. The highest BCUT2D eigenvalue weighted by atomic mass is 32.1. The fourth-order valence-electron chi connectivity index (χ4n) is 4.81. The van der Waals surface area contributed by atoms with Crippen molar-refractivity contribution in [2.75, 3.05) is 11.9 Å². The molecule has 13 heteroatoms. The molecule has 44 heavy (non-hydrogen) atoms. The van der Waals surface area contributed by atoms with Crippen molar-refractivity contribution in [3.8, 4) is 0 Å². The van der Waals surface area contributed by atoms with Gasteiger partial charge in [0.15, 0.2) is 5.13 Å². The molecular formula is C31H41N5O7S. The van der Waals surface area contributed by atoms with Gasteiger partial charge < -0.3 is 25.1 Å². The molecule has 0 unspecified atom stereocenters. The smallest absolute Gasteiger partial charge is 0.407 e. The van der Waals surface area contributed by atoms with Gasteiger partial charge in [-0.2, -0.15) is 0 Å². The molecule has 4 N–H and O–H groups in total. The van der Waals surface area contributed by atoms with Crippen LogP contribution in [0.1, 0.15) is 63.0 Å². The number of carbonyl (C=O) groups excluding carboxylic acids is 4. The van der Waals surface area contributed by atoms with Crippen molar-refractivity contribution in [3.05, 3.63) is 71.6 Å². The molecule has 0 aliphatic rings. The normalized spacial score (nSPS) is 12.9. The van der Waals surface area contributed by atoms with Crippen molar-refractivity contribution < 1.29 is 33.5 Å². The maximum Gasteiger partial charge on any atom is 0.407 e. The second-order valence-corrected chi connectivity index (χ2v) is 11.2. The van der Waals surface area contributed by atoms with Crippen molar-refractivity contribution in [1.82, 2.24) is 20.7 Å². The molecule has 0 aliphatic carbocycles. The molecule has 3 rings (SSSR count). The first-order valence-corrected chi connectivity index (χ1v) is 15.7. The second-order valence-electron chi connectivity index (χ2n) is 10.3. The molecule has 0 bridgehead atoms. The fourth-order valence-corrected chi connectivity index (χ4v) is 5.35. The molecule has 2 heterocycles. The summed E-state index contributed by atoms with van der Waals surface area (Å²) in [5, 5.41) is 21.4. The number of hydrogen-bond donors (Lipinski definition) is 4. The Morgan fingerprint density at radius 2 is 1.89 bits per heavy atom. The van der Waals surface area contributed by atoms with Gasteiger partial charge in [0, 0.05) is 18.1 Å². The summed E-state index contributed by atoms with van der Waals surface area (Å²) in [6.07, 6.45) is 8.57. The van der Waals surface area contributed by atoms with Crippen LogP contribution in [0.3, 0.4) is 0 Å². The molecule has 4 amide bonds. The maximum atomic E-state index is 13.7. The highest BCUT2D eigenvalue weighted by molar-refractivity contribution is 7.13. The molecule has 0 saturated carbocycles. The van der Waals surface area contributed by atoms with Gasteiger partial charge >= 0.3 is 6.09 Å². The van der Waals surface area contributed by atoms with Crippen LogP contribution in [-0.2, 0) is 32.1 Å². The van der Waals surface area contributed by atoms with E-state index in [0.717, 1.165) is 11.1 Å². The first kappa shape index (κ1) is 34.3. The summed E-state index contributed by atoms with van der Waals surface area (Å²) in [4.78, 5) is 54.6. The number of aryl methyl sites for hydroxylation is 1. The lowest BCUT2D eigenvalue weighted by molar-refractivity contribution is -0.169. The van der Waals surface area contributed by atoms with E-state index in [9.17, 15) is 24.4 Å². The van der Waals surface area contributed by atoms with Gasteiger partial charge in [0.2, 0.25) is 18.2 Å². The predicted octanol–water partition coefficient (Wildman–Crippen LogP) is 4.91. The number of thiazole rings is 1. The third-order valence-corrected chi connectivity index (χ3v) is 7.78. The standard InChI is InChI=1S/C31H41N5O7S/c1-2-9-27(36(41)22-37)25(13-8-12-24-15-18-42-20-24)28(38)34-26(29(39)35-30-32-17-19-44-30)14-6-7-16-33-31(40)43-21-23-10-4-3-5-11-23/h3-5,10-11,15,17-20,22,25-27,41H,2,6-9,12-14,16,21H2,1H3,(H,33,40)(H,34,38)(H,32,35,39)/t25-,26+,27+/m1/s1. The fraction of sp³-hybridized carbons (Fsp3) is 0.452. The Kier molecular flexibility index (Phi) is 14.9. The van der Waals surface area contributed by atoms with E-state index < -0.39 is 35.9 Å². The van der Waals surface area contributed by atoms with E-state index in [1.54, 1.807) is 24.1 Å². The van der Waals surface area contributed by atoms with Gasteiger partial charge in [-0.15, -0.1) is 11.3 Å². The minimum Gasteiger partial charge on any atom is -0.472 e. The Morgan fingerprint density at radius 1 is 1.07 bits per heavy atom. The maximum absolute atomic E-state index is 13.7. The molecule has 1 aromatic carbocycles. The molecular weight excluding hydrogens is 586 g/mol. The Hall–Kier alpha value is -4.23. The lowest BCUT2D eigenvalue weighted by Crippen LogP contribution is -2.51. The number of hydroxylamine groups is 2. The molecule has 3 atom stereocenters. The molecule has 0 spiro atoms. The van der Waals surface area contributed by atoms with Crippen molar-refractivity contribution in [2.24, 2.45) is 5.92 Å². The number of nitrogens with zero attached hydrogens (tertiary/aromatic N) is 2. The average Bonchev–Trinajstić information content (AvgIpc) is 3.75.